The van der Waals surface area contributed by atoms with Crippen molar-refractivity contribution in [1.29, 1.82) is 0 Å². The van der Waals surface area contributed by atoms with Crippen molar-refractivity contribution >= 4 is 40.7 Å². The molecule has 2 amide bonds. The Kier molecular flexibility index (Phi) is 9.12. The summed E-state index contributed by atoms with van der Waals surface area (Å²) in [7, 11) is 1.73. The van der Waals surface area contributed by atoms with Gasteiger partial charge in [-0.2, -0.15) is 0 Å². The van der Waals surface area contributed by atoms with E-state index in [1.54, 1.807) is 7.05 Å². The number of rotatable bonds is 8. The number of anilines is 1. The molecule has 2 aromatic rings. The Morgan fingerprint density at radius 3 is 2.56 bits per heavy atom. The number of carbonyl (C=O) groups is 2. The summed E-state index contributed by atoms with van der Waals surface area (Å²) in [4.78, 5) is 26.8. The number of amides is 2. The van der Waals surface area contributed by atoms with Gasteiger partial charge >= 0.3 is 0 Å². The fourth-order valence-electron chi connectivity index (χ4n) is 2.19. The zero-order valence-electron chi connectivity index (χ0n) is 14.3. The van der Waals surface area contributed by atoms with Crippen LogP contribution in [0.5, 0.6) is 0 Å². The number of hydrogen-bond acceptors (Lipinski definition) is 5. The monoisotopic (exact) mass is 382 g/mol. The van der Waals surface area contributed by atoms with Crippen molar-refractivity contribution in [3.63, 3.8) is 0 Å². The van der Waals surface area contributed by atoms with Gasteiger partial charge in [0, 0.05) is 24.4 Å². The highest BCUT2D eigenvalue weighted by Crippen LogP contribution is 2.25. The van der Waals surface area contributed by atoms with Gasteiger partial charge in [0.2, 0.25) is 11.8 Å². The molecule has 1 aromatic carbocycles. The molecule has 0 radical (unpaired) electrons. The number of benzene rings is 1. The number of nitrogens with one attached hydrogen (secondary N) is 3. The van der Waals surface area contributed by atoms with Gasteiger partial charge in [0.15, 0.2) is 5.13 Å². The van der Waals surface area contributed by atoms with Crippen LogP contribution in [0.4, 0.5) is 5.13 Å². The van der Waals surface area contributed by atoms with Gasteiger partial charge in [0.05, 0.1) is 12.2 Å². The van der Waals surface area contributed by atoms with Gasteiger partial charge in [-0.15, -0.1) is 23.7 Å². The molecule has 0 aliphatic carbocycles. The Balaban J connectivity index is 0.00000312. The lowest BCUT2D eigenvalue weighted by molar-refractivity contribution is -0.119. The van der Waals surface area contributed by atoms with Crippen LogP contribution in [0.3, 0.4) is 0 Å². The highest BCUT2D eigenvalue weighted by molar-refractivity contribution is 7.14. The molecule has 3 N–H and O–H groups in total. The number of nitrogens with zero attached hydrogens (tertiary/aromatic N) is 1. The molecule has 0 atom stereocenters. The summed E-state index contributed by atoms with van der Waals surface area (Å²) in [6.07, 6.45) is 1.83. The van der Waals surface area contributed by atoms with Gasteiger partial charge in [0.1, 0.15) is 0 Å². The number of aryl methyl sites for hydroxylation is 1. The molecule has 8 heteroatoms. The van der Waals surface area contributed by atoms with Crippen LogP contribution in [-0.2, 0) is 16.0 Å². The van der Waals surface area contributed by atoms with Crippen LogP contribution in [0.2, 0.25) is 0 Å². The van der Waals surface area contributed by atoms with Crippen molar-refractivity contribution in [3.05, 3.63) is 35.2 Å². The Hall–Kier alpha value is -1.96. The molecular formula is C17H23ClN4O2S. The maximum Gasteiger partial charge on any atom is 0.240 e. The summed E-state index contributed by atoms with van der Waals surface area (Å²) in [5.41, 5.74) is 3.09. The van der Waals surface area contributed by atoms with Gasteiger partial charge in [-0.25, -0.2) is 4.98 Å². The van der Waals surface area contributed by atoms with Crippen molar-refractivity contribution in [3.8, 4) is 11.3 Å². The topological polar surface area (TPSA) is 83.1 Å². The van der Waals surface area contributed by atoms with Crippen molar-refractivity contribution in [2.45, 2.75) is 19.8 Å². The van der Waals surface area contributed by atoms with Crippen molar-refractivity contribution in [2.24, 2.45) is 0 Å². The first kappa shape index (κ1) is 21.1. The Bertz CT molecular complexity index is 688. The third-order valence-corrected chi connectivity index (χ3v) is 4.11. The quantitative estimate of drug-likeness (QED) is 0.612. The summed E-state index contributed by atoms with van der Waals surface area (Å²) in [5.74, 6) is -0.0978. The number of thiazole rings is 1. The molecule has 136 valence electrons. The lowest BCUT2D eigenvalue weighted by Crippen LogP contribution is -2.24. The SMILES string of the molecule is CNCC(=O)Nc1nc(-c2ccc(CCCNC(C)=O)cc2)cs1.Cl. The molecule has 0 aliphatic rings. The van der Waals surface area contributed by atoms with Crippen molar-refractivity contribution < 1.29 is 9.59 Å². The fraction of sp³-hybridized carbons (Fsp3) is 0.353. The van der Waals surface area contributed by atoms with Crippen LogP contribution >= 0.6 is 23.7 Å². The fourth-order valence-corrected chi connectivity index (χ4v) is 2.92. The molecule has 2 rings (SSSR count). The lowest BCUT2D eigenvalue weighted by Gasteiger charge is -2.04. The number of carbonyl (C=O) groups excluding carboxylic acids is 2. The first-order valence-electron chi connectivity index (χ1n) is 7.82. The van der Waals surface area contributed by atoms with Crippen LogP contribution in [0.1, 0.15) is 18.9 Å². The van der Waals surface area contributed by atoms with E-state index in [1.807, 2.05) is 17.5 Å². The lowest BCUT2D eigenvalue weighted by atomic mass is 10.1. The molecule has 0 fully saturated rings. The maximum atomic E-state index is 11.5. The van der Waals surface area contributed by atoms with E-state index in [2.05, 4.69) is 33.1 Å². The molecule has 25 heavy (non-hydrogen) atoms. The molecule has 6 nitrogen and oxygen atoms in total. The molecule has 0 bridgehead atoms. The van der Waals surface area contributed by atoms with E-state index in [-0.39, 0.29) is 30.8 Å². The summed E-state index contributed by atoms with van der Waals surface area (Å²) in [6.45, 7) is 2.49. The first-order chi connectivity index (χ1) is 11.6. The Morgan fingerprint density at radius 2 is 1.92 bits per heavy atom. The molecule has 0 saturated carbocycles. The van der Waals surface area contributed by atoms with E-state index >= 15 is 0 Å². The van der Waals surface area contributed by atoms with Crippen LogP contribution in [0.25, 0.3) is 11.3 Å². The third-order valence-electron chi connectivity index (χ3n) is 3.35. The second kappa shape index (κ2) is 10.8. The van der Waals surface area contributed by atoms with E-state index in [0.717, 1.165) is 24.1 Å². The van der Waals surface area contributed by atoms with Gasteiger partial charge in [0.25, 0.3) is 0 Å². The molecular weight excluding hydrogens is 360 g/mol. The Morgan fingerprint density at radius 1 is 1.20 bits per heavy atom. The smallest absolute Gasteiger partial charge is 0.240 e. The normalized spacial score (nSPS) is 10.0. The largest absolute Gasteiger partial charge is 0.356 e. The van der Waals surface area contributed by atoms with Gasteiger partial charge in [-0.1, -0.05) is 24.3 Å². The van der Waals surface area contributed by atoms with Crippen LogP contribution in [0, 0.1) is 0 Å². The average Bonchev–Trinajstić information content (AvgIpc) is 3.00. The highest BCUT2D eigenvalue weighted by atomic mass is 35.5. The second-order valence-corrected chi connectivity index (χ2v) is 6.26. The molecule has 1 aromatic heterocycles. The molecule has 0 spiro atoms. The van der Waals surface area contributed by atoms with E-state index < -0.39 is 0 Å². The van der Waals surface area contributed by atoms with Crippen LogP contribution < -0.4 is 16.0 Å². The first-order valence-corrected chi connectivity index (χ1v) is 8.70. The van der Waals surface area contributed by atoms with E-state index in [1.165, 1.54) is 23.8 Å². The zero-order chi connectivity index (χ0) is 17.4. The minimum atomic E-state index is -0.104. The number of aromatic nitrogens is 1. The van der Waals surface area contributed by atoms with E-state index in [9.17, 15) is 9.59 Å². The Labute approximate surface area is 157 Å². The summed E-state index contributed by atoms with van der Waals surface area (Å²) < 4.78 is 0. The van der Waals surface area contributed by atoms with Gasteiger partial charge < -0.3 is 16.0 Å². The van der Waals surface area contributed by atoms with Crippen molar-refractivity contribution in [1.82, 2.24) is 15.6 Å². The standard InChI is InChI=1S/C17H22N4O2S.ClH/c1-12(22)19-9-3-4-13-5-7-14(8-6-13)15-11-24-17(20-15)21-16(23)10-18-2;/h5-8,11,18H,3-4,9-10H2,1-2H3,(H,19,22)(H,20,21,23);1H. The second-order valence-electron chi connectivity index (χ2n) is 5.40. The van der Waals surface area contributed by atoms with Crippen LogP contribution in [0.15, 0.2) is 29.6 Å². The molecule has 0 unspecified atom stereocenters. The molecule has 1 heterocycles. The summed E-state index contributed by atoms with van der Waals surface area (Å²) in [5, 5.41) is 10.9. The minimum absolute atomic E-state index is 0. The van der Waals surface area contributed by atoms with Gasteiger partial charge in [-0.05, 0) is 25.5 Å². The summed E-state index contributed by atoms with van der Waals surface area (Å²) in [6, 6.07) is 8.20. The number of hydrogen-bond donors (Lipinski definition) is 3. The summed E-state index contributed by atoms with van der Waals surface area (Å²) >= 11 is 1.41. The number of halogens is 1. The molecule has 0 aliphatic heterocycles. The average molecular weight is 383 g/mol. The predicted molar refractivity (Wildman–Crippen MR) is 104 cm³/mol. The van der Waals surface area contributed by atoms with E-state index in [4.69, 9.17) is 0 Å². The third kappa shape index (κ3) is 7.21. The molecule has 0 saturated heterocycles. The minimum Gasteiger partial charge on any atom is -0.356 e. The van der Waals surface area contributed by atoms with E-state index in [0.29, 0.717) is 11.7 Å². The predicted octanol–water partition coefficient (Wildman–Crippen LogP) is 2.46. The zero-order valence-corrected chi connectivity index (χ0v) is 15.9. The van der Waals surface area contributed by atoms with Gasteiger partial charge in [-0.3, -0.25) is 9.59 Å². The van der Waals surface area contributed by atoms with Crippen LogP contribution in [-0.4, -0.2) is 36.9 Å². The maximum absolute atomic E-state index is 11.5. The number of likely N-dealkylation sites (N-methyl/N-ethyl adjacent to an activating group) is 1. The highest BCUT2D eigenvalue weighted by Gasteiger charge is 2.07. The van der Waals surface area contributed by atoms with Crippen molar-refractivity contribution in [2.75, 3.05) is 25.5 Å².